The number of ether oxygens (including phenoxy) is 1. The Kier molecular flexibility index (Phi) is 2.21. The summed E-state index contributed by atoms with van der Waals surface area (Å²) in [4.78, 5) is 25.1. The Balaban J connectivity index is 1.92. The summed E-state index contributed by atoms with van der Waals surface area (Å²) in [5.41, 5.74) is 4.92. The number of carboxylic acids is 1. The number of fused-ring (bicyclic) bond motifs is 1. The molecule has 1 amide bonds. The Hall–Kier alpha value is -1.14. The first-order valence-electron chi connectivity index (χ1n) is 5.98. The van der Waals surface area contributed by atoms with Crippen LogP contribution in [-0.4, -0.2) is 53.2 Å². The second-order valence-electron chi connectivity index (χ2n) is 5.15. The number of rotatable bonds is 3. The lowest BCUT2D eigenvalue weighted by Crippen LogP contribution is -2.41. The first-order valence-corrected chi connectivity index (χ1v) is 5.98. The SMILES string of the molecule is NCCN1C[C@]23CC[C@H](O2)[C@H](C(=O)O)[C@@H]3C1=O. The fourth-order valence-electron chi connectivity index (χ4n) is 3.67. The minimum Gasteiger partial charge on any atom is -0.481 e. The molecule has 3 heterocycles. The number of nitrogens with two attached hydrogens (primary N) is 1. The molecular formula is C11H16N2O4. The van der Waals surface area contributed by atoms with Crippen LogP contribution in [-0.2, 0) is 14.3 Å². The molecule has 3 N–H and O–H groups in total. The zero-order valence-electron chi connectivity index (χ0n) is 9.46. The molecule has 3 fully saturated rings. The maximum atomic E-state index is 12.2. The molecule has 3 aliphatic heterocycles. The molecule has 1 spiro atoms. The van der Waals surface area contributed by atoms with Crippen molar-refractivity contribution in [1.29, 1.82) is 0 Å². The van der Waals surface area contributed by atoms with Crippen LogP contribution in [0.4, 0.5) is 0 Å². The molecule has 4 atom stereocenters. The van der Waals surface area contributed by atoms with Crippen LogP contribution in [0.15, 0.2) is 0 Å². The second-order valence-corrected chi connectivity index (χ2v) is 5.15. The van der Waals surface area contributed by atoms with E-state index in [2.05, 4.69) is 0 Å². The third-order valence-corrected chi connectivity index (χ3v) is 4.28. The second kappa shape index (κ2) is 3.43. The molecule has 6 heteroatoms. The molecule has 0 aromatic carbocycles. The predicted octanol–water partition coefficient (Wildman–Crippen LogP) is -0.964. The number of nitrogens with zero attached hydrogens (tertiary/aromatic N) is 1. The van der Waals surface area contributed by atoms with Crippen molar-refractivity contribution in [3.05, 3.63) is 0 Å². The van der Waals surface area contributed by atoms with E-state index in [0.29, 0.717) is 19.6 Å². The van der Waals surface area contributed by atoms with Crippen molar-refractivity contribution in [2.24, 2.45) is 17.6 Å². The highest BCUT2D eigenvalue weighted by atomic mass is 16.5. The molecule has 94 valence electrons. The van der Waals surface area contributed by atoms with Crippen molar-refractivity contribution in [2.45, 2.75) is 24.5 Å². The Morgan fingerprint density at radius 3 is 3.06 bits per heavy atom. The lowest BCUT2D eigenvalue weighted by Gasteiger charge is -2.25. The van der Waals surface area contributed by atoms with Gasteiger partial charge in [-0.25, -0.2) is 0 Å². The van der Waals surface area contributed by atoms with E-state index in [9.17, 15) is 14.7 Å². The summed E-state index contributed by atoms with van der Waals surface area (Å²) in [5, 5.41) is 9.24. The van der Waals surface area contributed by atoms with E-state index in [4.69, 9.17) is 10.5 Å². The van der Waals surface area contributed by atoms with Crippen LogP contribution < -0.4 is 5.73 Å². The smallest absolute Gasteiger partial charge is 0.310 e. The van der Waals surface area contributed by atoms with Gasteiger partial charge in [0.25, 0.3) is 0 Å². The zero-order valence-corrected chi connectivity index (χ0v) is 9.46. The van der Waals surface area contributed by atoms with Gasteiger partial charge in [0.05, 0.1) is 30.1 Å². The Bertz CT molecular complexity index is 386. The van der Waals surface area contributed by atoms with Crippen LogP contribution in [0, 0.1) is 11.8 Å². The third kappa shape index (κ3) is 1.28. The minimum absolute atomic E-state index is 0.0925. The molecule has 2 bridgehead atoms. The summed E-state index contributed by atoms with van der Waals surface area (Å²) in [6, 6.07) is 0. The molecule has 3 saturated heterocycles. The van der Waals surface area contributed by atoms with E-state index in [1.54, 1.807) is 4.90 Å². The van der Waals surface area contributed by atoms with Gasteiger partial charge in [-0.05, 0) is 12.8 Å². The summed E-state index contributed by atoms with van der Waals surface area (Å²) in [6.45, 7) is 1.39. The Morgan fingerprint density at radius 2 is 2.41 bits per heavy atom. The predicted molar refractivity (Wildman–Crippen MR) is 57.1 cm³/mol. The highest BCUT2D eigenvalue weighted by Gasteiger charge is 2.68. The fourth-order valence-corrected chi connectivity index (χ4v) is 3.67. The molecule has 0 radical (unpaired) electrons. The monoisotopic (exact) mass is 240 g/mol. The van der Waals surface area contributed by atoms with Gasteiger partial charge in [0.1, 0.15) is 0 Å². The highest BCUT2D eigenvalue weighted by molar-refractivity contribution is 5.89. The number of carbonyl (C=O) groups excluding carboxylic acids is 1. The van der Waals surface area contributed by atoms with Gasteiger partial charge >= 0.3 is 5.97 Å². The van der Waals surface area contributed by atoms with Gasteiger partial charge in [-0.2, -0.15) is 0 Å². The topological polar surface area (TPSA) is 92.9 Å². The zero-order chi connectivity index (χ0) is 12.2. The van der Waals surface area contributed by atoms with Crippen molar-refractivity contribution < 1.29 is 19.4 Å². The summed E-state index contributed by atoms with van der Waals surface area (Å²) in [7, 11) is 0. The van der Waals surface area contributed by atoms with Crippen molar-refractivity contribution >= 4 is 11.9 Å². The standard InChI is InChI=1S/C11H16N2O4/c12-3-4-13-5-11-2-1-6(17-11)7(10(15)16)8(11)9(13)14/h6-8H,1-5,12H2,(H,15,16)/t6-,7-,8+,11-/m0/s1. The number of carbonyl (C=O) groups is 2. The molecule has 0 aliphatic carbocycles. The van der Waals surface area contributed by atoms with Gasteiger partial charge in [-0.1, -0.05) is 0 Å². The Morgan fingerprint density at radius 1 is 1.65 bits per heavy atom. The first kappa shape index (κ1) is 11.0. The number of hydrogen-bond donors (Lipinski definition) is 2. The van der Waals surface area contributed by atoms with Gasteiger partial charge in [-0.15, -0.1) is 0 Å². The summed E-state index contributed by atoms with van der Waals surface area (Å²) < 4.78 is 5.82. The van der Waals surface area contributed by atoms with Crippen LogP contribution in [0.2, 0.25) is 0 Å². The first-order chi connectivity index (χ1) is 8.09. The minimum atomic E-state index is -0.912. The highest BCUT2D eigenvalue weighted by Crippen LogP contribution is 2.55. The molecule has 0 aromatic heterocycles. The molecule has 0 saturated carbocycles. The average Bonchev–Trinajstić information content (AvgIpc) is 2.88. The maximum absolute atomic E-state index is 12.2. The van der Waals surface area contributed by atoms with E-state index < -0.39 is 23.4 Å². The van der Waals surface area contributed by atoms with Gasteiger partial charge in [0.15, 0.2) is 0 Å². The lowest BCUT2D eigenvalue weighted by atomic mass is 9.73. The summed E-state index contributed by atoms with van der Waals surface area (Å²) in [6.07, 6.45) is 1.26. The molecule has 0 unspecified atom stereocenters. The maximum Gasteiger partial charge on any atom is 0.310 e. The van der Waals surface area contributed by atoms with E-state index in [-0.39, 0.29) is 12.0 Å². The van der Waals surface area contributed by atoms with E-state index >= 15 is 0 Å². The van der Waals surface area contributed by atoms with Crippen LogP contribution in [0.1, 0.15) is 12.8 Å². The molecule has 3 aliphatic rings. The fraction of sp³-hybridized carbons (Fsp3) is 0.818. The summed E-state index contributed by atoms with van der Waals surface area (Å²) >= 11 is 0. The Labute approximate surface area is 98.7 Å². The largest absolute Gasteiger partial charge is 0.481 e. The third-order valence-electron chi connectivity index (χ3n) is 4.28. The quantitative estimate of drug-likeness (QED) is 0.662. The number of amides is 1. The van der Waals surface area contributed by atoms with Crippen molar-refractivity contribution in [2.75, 3.05) is 19.6 Å². The average molecular weight is 240 g/mol. The van der Waals surface area contributed by atoms with Crippen molar-refractivity contribution in [3.8, 4) is 0 Å². The van der Waals surface area contributed by atoms with E-state index in [1.165, 1.54) is 0 Å². The van der Waals surface area contributed by atoms with Crippen LogP contribution >= 0.6 is 0 Å². The number of hydrogen-bond acceptors (Lipinski definition) is 4. The van der Waals surface area contributed by atoms with Crippen LogP contribution in [0.5, 0.6) is 0 Å². The molecule has 3 rings (SSSR count). The van der Waals surface area contributed by atoms with E-state index in [1.807, 2.05) is 0 Å². The van der Waals surface area contributed by atoms with Gasteiger partial charge in [-0.3, -0.25) is 9.59 Å². The summed E-state index contributed by atoms with van der Waals surface area (Å²) in [5.74, 6) is -2.17. The van der Waals surface area contributed by atoms with Crippen molar-refractivity contribution in [3.63, 3.8) is 0 Å². The molecular weight excluding hydrogens is 224 g/mol. The number of aliphatic carboxylic acids is 1. The van der Waals surface area contributed by atoms with Crippen molar-refractivity contribution in [1.82, 2.24) is 4.90 Å². The molecule has 0 aromatic rings. The van der Waals surface area contributed by atoms with Gasteiger partial charge in [0, 0.05) is 13.1 Å². The van der Waals surface area contributed by atoms with Crippen LogP contribution in [0.3, 0.4) is 0 Å². The number of carboxylic acid groups (broad SMARTS) is 1. The van der Waals surface area contributed by atoms with Gasteiger partial charge < -0.3 is 20.5 Å². The number of likely N-dealkylation sites (tertiary alicyclic amines) is 1. The molecule has 17 heavy (non-hydrogen) atoms. The van der Waals surface area contributed by atoms with E-state index in [0.717, 1.165) is 12.8 Å². The normalized spacial score (nSPS) is 43.2. The lowest BCUT2D eigenvalue weighted by molar-refractivity contribution is -0.149. The van der Waals surface area contributed by atoms with Crippen LogP contribution in [0.25, 0.3) is 0 Å². The molecule has 6 nitrogen and oxygen atoms in total. The van der Waals surface area contributed by atoms with Gasteiger partial charge in [0.2, 0.25) is 5.91 Å².